The number of hydrogen-bond donors (Lipinski definition) is 1. The molecule has 1 N–H and O–H groups in total. The summed E-state index contributed by atoms with van der Waals surface area (Å²) in [7, 11) is 0. The summed E-state index contributed by atoms with van der Waals surface area (Å²) >= 11 is 6.09. The first kappa shape index (κ1) is 13.8. The van der Waals surface area contributed by atoms with Crippen LogP contribution in [0.2, 0.25) is 5.02 Å². The molecule has 0 amide bonds. The van der Waals surface area contributed by atoms with Gasteiger partial charge in [-0.05, 0) is 26.3 Å². The smallest absolute Gasteiger partial charge is 0.337 e. The molecule has 1 aromatic rings. The van der Waals surface area contributed by atoms with Crippen molar-refractivity contribution in [2.45, 2.75) is 33.2 Å². The lowest BCUT2D eigenvalue weighted by molar-refractivity contribution is 0.0697. The summed E-state index contributed by atoms with van der Waals surface area (Å²) in [6.07, 6.45) is 2.43. The zero-order valence-electron chi connectivity index (χ0n) is 10.3. The zero-order chi connectivity index (χ0) is 13.0. The first-order valence-electron chi connectivity index (χ1n) is 5.63. The van der Waals surface area contributed by atoms with E-state index in [-0.39, 0.29) is 16.6 Å². The van der Waals surface area contributed by atoms with Crippen molar-refractivity contribution in [3.8, 4) is 0 Å². The number of anilines is 1. The fourth-order valence-electron chi connectivity index (χ4n) is 1.65. The van der Waals surface area contributed by atoms with Crippen molar-refractivity contribution in [2.24, 2.45) is 0 Å². The molecule has 5 heteroatoms. The summed E-state index contributed by atoms with van der Waals surface area (Å²) in [4.78, 5) is 17.2. The van der Waals surface area contributed by atoms with Gasteiger partial charge in [0.05, 0.1) is 10.6 Å². The number of hydrogen-bond acceptors (Lipinski definition) is 3. The van der Waals surface area contributed by atoms with Crippen LogP contribution in [0.5, 0.6) is 0 Å². The monoisotopic (exact) mass is 256 g/mol. The lowest BCUT2D eigenvalue weighted by Gasteiger charge is -2.28. The predicted octanol–water partition coefficient (Wildman–Crippen LogP) is 3.06. The zero-order valence-corrected chi connectivity index (χ0v) is 11.0. The van der Waals surface area contributed by atoms with Crippen LogP contribution in [0.4, 0.5) is 5.82 Å². The lowest BCUT2D eigenvalue weighted by Crippen LogP contribution is -2.32. The van der Waals surface area contributed by atoms with E-state index in [2.05, 4.69) is 11.9 Å². The summed E-state index contributed by atoms with van der Waals surface area (Å²) in [6.45, 7) is 6.92. The van der Waals surface area contributed by atoms with Crippen molar-refractivity contribution in [3.05, 3.63) is 22.8 Å². The second-order valence-electron chi connectivity index (χ2n) is 4.09. The lowest BCUT2D eigenvalue weighted by atomic mass is 10.2. The highest BCUT2D eigenvalue weighted by molar-refractivity contribution is 6.35. The highest BCUT2D eigenvalue weighted by atomic mass is 35.5. The molecular formula is C12H17ClN2O2. The van der Waals surface area contributed by atoms with Gasteiger partial charge in [0.1, 0.15) is 5.82 Å². The van der Waals surface area contributed by atoms with Crippen molar-refractivity contribution >= 4 is 23.4 Å². The Kier molecular flexibility index (Phi) is 4.75. The number of carbonyl (C=O) groups is 1. The number of aromatic nitrogens is 1. The summed E-state index contributed by atoms with van der Waals surface area (Å²) in [5.41, 5.74) is 0.0958. The maximum Gasteiger partial charge on any atom is 0.337 e. The van der Waals surface area contributed by atoms with E-state index in [1.165, 1.54) is 12.3 Å². The third-order valence-corrected chi connectivity index (χ3v) is 2.83. The Morgan fingerprint density at radius 1 is 1.59 bits per heavy atom. The fourth-order valence-corrected chi connectivity index (χ4v) is 1.95. The Hall–Kier alpha value is -1.29. The highest BCUT2D eigenvalue weighted by Crippen LogP contribution is 2.28. The van der Waals surface area contributed by atoms with Gasteiger partial charge in [-0.1, -0.05) is 18.5 Å². The minimum atomic E-state index is -1.03. The van der Waals surface area contributed by atoms with E-state index in [1.807, 2.05) is 18.7 Å². The molecule has 0 aliphatic carbocycles. The summed E-state index contributed by atoms with van der Waals surface area (Å²) in [5.74, 6) is -0.484. The molecule has 0 saturated heterocycles. The predicted molar refractivity (Wildman–Crippen MR) is 69.0 cm³/mol. The van der Waals surface area contributed by atoms with Gasteiger partial charge in [-0.15, -0.1) is 0 Å². The topological polar surface area (TPSA) is 53.4 Å². The third kappa shape index (κ3) is 3.09. The van der Waals surface area contributed by atoms with Crippen LogP contribution in [-0.2, 0) is 0 Å². The molecule has 0 aliphatic heterocycles. The minimum Gasteiger partial charge on any atom is -0.478 e. The van der Waals surface area contributed by atoms with Crippen LogP contribution >= 0.6 is 11.6 Å². The Morgan fingerprint density at radius 3 is 2.71 bits per heavy atom. The van der Waals surface area contributed by atoms with Gasteiger partial charge in [0.2, 0.25) is 0 Å². The van der Waals surface area contributed by atoms with Gasteiger partial charge in [-0.25, -0.2) is 9.78 Å². The molecule has 0 radical (unpaired) electrons. The van der Waals surface area contributed by atoms with Crippen molar-refractivity contribution in [2.75, 3.05) is 11.4 Å². The number of nitrogens with zero attached hydrogens (tertiary/aromatic N) is 2. The van der Waals surface area contributed by atoms with Crippen LogP contribution in [0.15, 0.2) is 12.3 Å². The van der Waals surface area contributed by atoms with Gasteiger partial charge in [0, 0.05) is 18.8 Å². The molecule has 0 saturated carbocycles. The van der Waals surface area contributed by atoms with E-state index in [9.17, 15) is 4.79 Å². The molecular weight excluding hydrogens is 240 g/mol. The van der Waals surface area contributed by atoms with E-state index < -0.39 is 5.97 Å². The summed E-state index contributed by atoms with van der Waals surface area (Å²) < 4.78 is 0. The Bertz CT molecular complexity index is 407. The van der Waals surface area contributed by atoms with Crippen LogP contribution in [-0.4, -0.2) is 28.6 Å². The second-order valence-corrected chi connectivity index (χ2v) is 4.47. The van der Waals surface area contributed by atoms with Crippen LogP contribution in [0.25, 0.3) is 0 Å². The van der Waals surface area contributed by atoms with Crippen molar-refractivity contribution < 1.29 is 9.90 Å². The molecule has 17 heavy (non-hydrogen) atoms. The van der Waals surface area contributed by atoms with Gasteiger partial charge in [0.25, 0.3) is 0 Å². The van der Waals surface area contributed by atoms with Crippen LogP contribution in [0.1, 0.15) is 37.6 Å². The molecule has 94 valence electrons. The van der Waals surface area contributed by atoms with Gasteiger partial charge in [-0.2, -0.15) is 0 Å². The SMILES string of the molecule is CCCN(c1nccc(C(=O)O)c1Cl)C(C)C. The standard InChI is InChI=1S/C12H17ClN2O2/c1-4-7-15(8(2)3)11-10(13)9(12(16)17)5-6-14-11/h5-6,8H,4,7H2,1-3H3,(H,16,17). The molecule has 0 unspecified atom stereocenters. The Morgan fingerprint density at radius 2 is 2.24 bits per heavy atom. The number of carboxylic acid groups (broad SMARTS) is 1. The molecule has 1 rings (SSSR count). The first-order chi connectivity index (χ1) is 7.99. The Balaban J connectivity index is 3.20. The summed E-state index contributed by atoms with van der Waals surface area (Å²) in [5, 5.41) is 9.22. The molecule has 0 spiro atoms. The normalized spacial score (nSPS) is 10.6. The van der Waals surface area contributed by atoms with E-state index in [4.69, 9.17) is 16.7 Å². The van der Waals surface area contributed by atoms with Crippen molar-refractivity contribution in [3.63, 3.8) is 0 Å². The quantitative estimate of drug-likeness (QED) is 0.880. The molecule has 0 bridgehead atoms. The van der Waals surface area contributed by atoms with E-state index >= 15 is 0 Å². The van der Waals surface area contributed by atoms with Crippen molar-refractivity contribution in [1.82, 2.24) is 4.98 Å². The number of rotatable bonds is 5. The maximum atomic E-state index is 11.0. The Labute approximate surface area is 106 Å². The molecule has 0 fully saturated rings. The molecule has 0 aliphatic rings. The average molecular weight is 257 g/mol. The van der Waals surface area contributed by atoms with Crippen molar-refractivity contribution in [1.29, 1.82) is 0 Å². The van der Waals surface area contributed by atoms with Gasteiger partial charge in [0.15, 0.2) is 0 Å². The largest absolute Gasteiger partial charge is 0.478 e. The van der Waals surface area contributed by atoms with E-state index in [0.29, 0.717) is 5.82 Å². The molecule has 4 nitrogen and oxygen atoms in total. The van der Waals surface area contributed by atoms with Crippen LogP contribution in [0.3, 0.4) is 0 Å². The van der Waals surface area contributed by atoms with E-state index in [0.717, 1.165) is 13.0 Å². The number of pyridine rings is 1. The van der Waals surface area contributed by atoms with E-state index in [1.54, 1.807) is 0 Å². The van der Waals surface area contributed by atoms with Crippen LogP contribution in [0, 0.1) is 0 Å². The third-order valence-electron chi connectivity index (χ3n) is 2.46. The molecule has 0 aromatic carbocycles. The first-order valence-corrected chi connectivity index (χ1v) is 6.01. The molecule has 1 heterocycles. The van der Waals surface area contributed by atoms with Gasteiger partial charge >= 0.3 is 5.97 Å². The maximum absolute atomic E-state index is 11.0. The fraction of sp³-hybridized carbons (Fsp3) is 0.500. The average Bonchev–Trinajstić information content (AvgIpc) is 2.26. The molecule has 0 atom stereocenters. The summed E-state index contributed by atoms with van der Waals surface area (Å²) in [6, 6.07) is 1.64. The number of aromatic carboxylic acids is 1. The van der Waals surface area contributed by atoms with Gasteiger partial charge < -0.3 is 10.0 Å². The molecule has 1 aromatic heterocycles. The highest BCUT2D eigenvalue weighted by Gasteiger charge is 2.19. The second kappa shape index (κ2) is 5.87. The van der Waals surface area contributed by atoms with Crippen LogP contribution < -0.4 is 4.90 Å². The van der Waals surface area contributed by atoms with Gasteiger partial charge in [-0.3, -0.25) is 0 Å². The minimum absolute atomic E-state index is 0.0958. The number of carboxylic acids is 1. The number of halogens is 1.